The number of nitrogens with zero attached hydrogens (tertiary/aromatic N) is 2. The van der Waals surface area contributed by atoms with Crippen LogP contribution in [0.15, 0.2) is 40.9 Å². The van der Waals surface area contributed by atoms with E-state index in [4.69, 9.17) is 16.9 Å². The molecular formula is C14H9BrClN3O2. The first-order valence-electron chi connectivity index (χ1n) is 5.87. The number of hydrogen-bond acceptors (Lipinski definition) is 4. The first-order chi connectivity index (χ1) is 10.0. The molecule has 106 valence electrons. The molecule has 2 aromatic rings. The van der Waals surface area contributed by atoms with Crippen molar-refractivity contribution in [2.75, 3.05) is 5.32 Å². The fourth-order valence-electron chi connectivity index (χ4n) is 1.74. The van der Waals surface area contributed by atoms with E-state index in [2.05, 4.69) is 21.2 Å². The van der Waals surface area contributed by atoms with Gasteiger partial charge in [-0.25, -0.2) is 0 Å². The van der Waals surface area contributed by atoms with E-state index in [-0.39, 0.29) is 11.3 Å². The summed E-state index contributed by atoms with van der Waals surface area (Å²) in [5.41, 5.74) is 1.64. The predicted molar refractivity (Wildman–Crippen MR) is 84.3 cm³/mol. The van der Waals surface area contributed by atoms with Crippen LogP contribution in [0.5, 0.6) is 0 Å². The summed E-state index contributed by atoms with van der Waals surface area (Å²) in [5.74, 6) is 0. The zero-order valence-electron chi connectivity index (χ0n) is 10.6. The van der Waals surface area contributed by atoms with Gasteiger partial charge in [0, 0.05) is 23.2 Å². The van der Waals surface area contributed by atoms with Crippen LogP contribution in [0, 0.1) is 21.4 Å². The monoisotopic (exact) mass is 365 g/mol. The molecule has 0 spiro atoms. The van der Waals surface area contributed by atoms with E-state index in [0.717, 1.165) is 10.0 Å². The molecule has 0 atom stereocenters. The van der Waals surface area contributed by atoms with Gasteiger partial charge >= 0.3 is 0 Å². The van der Waals surface area contributed by atoms with Crippen LogP contribution in [0.1, 0.15) is 11.1 Å². The second kappa shape index (κ2) is 6.57. The third kappa shape index (κ3) is 3.72. The highest BCUT2D eigenvalue weighted by Gasteiger charge is 2.10. The van der Waals surface area contributed by atoms with Gasteiger partial charge in [-0.15, -0.1) is 0 Å². The van der Waals surface area contributed by atoms with Crippen molar-refractivity contribution in [3.8, 4) is 6.07 Å². The Balaban J connectivity index is 2.18. The molecule has 0 aliphatic carbocycles. The third-order valence-corrected chi connectivity index (χ3v) is 4.02. The number of nitro benzene ring substituents is 1. The molecule has 1 N–H and O–H groups in total. The topological polar surface area (TPSA) is 79.0 Å². The summed E-state index contributed by atoms with van der Waals surface area (Å²) in [4.78, 5) is 10.2. The van der Waals surface area contributed by atoms with E-state index in [9.17, 15) is 10.1 Å². The van der Waals surface area contributed by atoms with Crippen molar-refractivity contribution in [1.82, 2.24) is 0 Å². The number of anilines is 1. The lowest BCUT2D eigenvalue weighted by Gasteiger charge is -2.09. The number of halogens is 2. The van der Waals surface area contributed by atoms with Crippen LogP contribution in [0.3, 0.4) is 0 Å². The molecule has 21 heavy (non-hydrogen) atoms. The minimum Gasteiger partial charge on any atom is -0.380 e. The van der Waals surface area contributed by atoms with Crippen molar-refractivity contribution >= 4 is 38.9 Å². The zero-order chi connectivity index (χ0) is 15.4. The van der Waals surface area contributed by atoms with Gasteiger partial charge in [0.25, 0.3) is 5.69 Å². The van der Waals surface area contributed by atoms with Gasteiger partial charge in [-0.1, -0.05) is 17.7 Å². The maximum Gasteiger partial charge on any atom is 0.270 e. The minimum atomic E-state index is -0.527. The van der Waals surface area contributed by atoms with Crippen LogP contribution in [0.4, 0.5) is 11.4 Å². The molecule has 0 aromatic heterocycles. The molecular weight excluding hydrogens is 358 g/mol. The summed E-state index contributed by atoms with van der Waals surface area (Å²) >= 11 is 9.26. The standard InChI is InChI=1S/C14H9BrClN3O2/c15-12-5-9(1-3-13(12)16)8-18-14-4-2-11(19(20)21)6-10(14)7-17/h1-6,18H,8H2. The zero-order valence-corrected chi connectivity index (χ0v) is 13.0. The van der Waals surface area contributed by atoms with E-state index in [1.807, 2.05) is 18.2 Å². The number of rotatable bonds is 4. The molecule has 0 radical (unpaired) electrons. The SMILES string of the molecule is N#Cc1cc([N+](=O)[O-])ccc1NCc1ccc(Cl)c(Br)c1. The van der Waals surface area contributed by atoms with Crippen molar-refractivity contribution < 1.29 is 4.92 Å². The van der Waals surface area contributed by atoms with E-state index >= 15 is 0 Å². The lowest BCUT2D eigenvalue weighted by atomic mass is 10.1. The Bertz CT molecular complexity index is 743. The van der Waals surface area contributed by atoms with Gasteiger partial charge in [0.2, 0.25) is 0 Å². The van der Waals surface area contributed by atoms with E-state index < -0.39 is 4.92 Å². The molecule has 0 bridgehead atoms. The summed E-state index contributed by atoms with van der Waals surface area (Å²) in [6, 6.07) is 11.6. The normalized spacial score (nSPS) is 9.95. The largest absolute Gasteiger partial charge is 0.380 e. The molecule has 5 nitrogen and oxygen atoms in total. The van der Waals surface area contributed by atoms with Gasteiger partial charge in [-0.3, -0.25) is 10.1 Å². The van der Waals surface area contributed by atoms with Crippen LogP contribution in [0.25, 0.3) is 0 Å². The Labute approximate surface area is 134 Å². The Morgan fingerprint density at radius 3 is 2.71 bits per heavy atom. The van der Waals surface area contributed by atoms with Crippen LogP contribution >= 0.6 is 27.5 Å². The summed E-state index contributed by atoms with van der Waals surface area (Å²) in [5, 5.41) is 23.5. The van der Waals surface area contributed by atoms with Gasteiger partial charge < -0.3 is 5.32 Å². The van der Waals surface area contributed by atoms with Crippen molar-refractivity contribution in [2.24, 2.45) is 0 Å². The number of nitro groups is 1. The average Bonchev–Trinajstić information content (AvgIpc) is 2.48. The van der Waals surface area contributed by atoms with Crippen molar-refractivity contribution in [3.05, 3.63) is 67.1 Å². The highest BCUT2D eigenvalue weighted by molar-refractivity contribution is 9.10. The molecule has 2 rings (SSSR count). The van der Waals surface area contributed by atoms with Crippen LogP contribution in [-0.2, 0) is 6.54 Å². The molecule has 0 heterocycles. The second-order valence-electron chi connectivity index (χ2n) is 4.20. The van der Waals surface area contributed by atoms with Crippen LogP contribution in [0.2, 0.25) is 5.02 Å². The van der Waals surface area contributed by atoms with Gasteiger partial charge in [0.1, 0.15) is 6.07 Å². The Morgan fingerprint density at radius 2 is 2.10 bits per heavy atom. The molecule has 0 amide bonds. The van der Waals surface area contributed by atoms with Crippen LogP contribution < -0.4 is 5.32 Å². The highest BCUT2D eigenvalue weighted by atomic mass is 79.9. The number of non-ortho nitro benzene ring substituents is 1. The van der Waals surface area contributed by atoms with Gasteiger partial charge in [0.05, 0.1) is 21.2 Å². The minimum absolute atomic E-state index is 0.105. The van der Waals surface area contributed by atoms with Crippen LogP contribution in [-0.4, -0.2) is 4.92 Å². The maximum absolute atomic E-state index is 10.7. The van der Waals surface area contributed by atoms with E-state index in [1.54, 1.807) is 6.07 Å². The Hall–Kier alpha value is -2.10. The summed E-state index contributed by atoms with van der Waals surface area (Å²) in [7, 11) is 0. The number of nitriles is 1. The number of hydrogen-bond donors (Lipinski definition) is 1. The maximum atomic E-state index is 10.7. The lowest BCUT2D eigenvalue weighted by molar-refractivity contribution is -0.384. The van der Waals surface area contributed by atoms with E-state index in [0.29, 0.717) is 17.3 Å². The molecule has 0 saturated heterocycles. The van der Waals surface area contributed by atoms with Gasteiger partial charge in [-0.2, -0.15) is 5.26 Å². The lowest BCUT2D eigenvalue weighted by Crippen LogP contribution is -2.02. The smallest absolute Gasteiger partial charge is 0.270 e. The predicted octanol–water partition coefficient (Wildman–Crippen LogP) is 4.49. The van der Waals surface area contributed by atoms with Crippen molar-refractivity contribution in [2.45, 2.75) is 6.54 Å². The Morgan fingerprint density at radius 1 is 1.33 bits per heavy atom. The molecule has 0 saturated carbocycles. The quantitative estimate of drug-likeness (QED) is 0.638. The fourth-order valence-corrected chi connectivity index (χ4v) is 2.28. The number of benzene rings is 2. The molecule has 0 unspecified atom stereocenters. The molecule has 2 aromatic carbocycles. The van der Waals surface area contributed by atoms with Crippen molar-refractivity contribution in [3.63, 3.8) is 0 Å². The first-order valence-corrected chi connectivity index (χ1v) is 7.04. The summed E-state index contributed by atoms with van der Waals surface area (Å²) in [6.45, 7) is 0.474. The second-order valence-corrected chi connectivity index (χ2v) is 5.46. The van der Waals surface area contributed by atoms with Gasteiger partial charge in [0.15, 0.2) is 0 Å². The Kier molecular flexibility index (Phi) is 4.78. The van der Waals surface area contributed by atoms with Crippen molar-refractivity contribution in [1.29, 1.82) is 5.26 Å². The molecule has 0 aliphatic rings. The fraction of sp³-hybridized carbons (Fsp3) is 0.0714. The molecule has 0 aliphatic heterocycles. The first kappa shape index (κ1) is 15.3. The number of nitrogens with one attached hydrogen (secondary N) is 1. The summed E-state index contributed by atoms with van der Waals surface area (Å²) < 4.78 is 0.785. The average molecular weight is 367 g/mol. The molecule has 7 heteroatoms. The molecule has 0 fully saturated rings. The third-order valence-electron chi connectivity index (χ3n) is 2.80. The van der Waals surface area contributed by atoms with E-state index in [1.165, 1.54) is 18.2 Å². The highest BCUT2D eigenvalue weighted by Crippen LogP contribution is 2.25. The van der Waals surface area contributed by atoms with Gasteiger partial charge in [-0.05, 0) is 39.7 Å². The summed E-state index contributed by atoms with van der Waals surface area (Å²) in [6.07, 6.45) is 0.